The molecule has 0 aliphatic heterocycles. The molecule has 0 bridgehead atoms. The molecule has 0 heterocycles. The van der Waals surface area contributed by atoms with E-state index in [1.807, 2.05) is 22.6 Å². The normalized spacial score (nSPS) is 18.9. The molecule has 0 fully saturated rings. The highest BCUT2D eigenvalue weighted by Gasteiger charge is 2.22. The standard InChI is InChI=1S/C6H11IO4/c7-3-5(10)6(11)4(9)1-2-8/h2,4-6,9-11H,1,3H2/t4-,5+,6+/m0/s1. The van der Waals surface area contributed by atoms with Crippen molar-refractivity contribution in [3.8, 4) is 0 Å². The topological polar surface area (TPSA) is 77.8 Å². The van der Waals surface area contributed by atoms with E-state index in [0.717, 1.165) is 0 Å². The van der Waals surface area contributed by atoms with Crippen molar-refractivity contribution in [2.45, 2.75) is 24.7 Å². The molecule has 0 saturated heterocycles. The summed E-state index contributed by atoms with van der Waals surface area (Å²) in [4.78, 5) is 9.88. The monoisotopic (exact) mass is 274 g/mol. The Morgan fingerprint density at radius 3 is 2.18 bits per heavy atom. The Balaban J connectivity index is 3.79. The minimum Gasteiger partial charge on any atom is -0.390 e. The van der Waals surface area contributed by atoms with Crippen molar-refractivity contribution in [1.82, 2.24) is 0 Å². The number of aliphatic hydroxyl groups is 3. The first-order valence-electron chi connectivity index (χ1n) is 3.17. The fourth-order valence-corrected chi connectivity index (χ4v) is 1.11. The van der Waals surface area contributed by atoms with Gasteiger partial charge < -0.3 is 20.1 Å². The van der Waals surface area contributed by atoms with Crippen LogP contribution in [0.1, 0.15) is 6.42 Å². The average Bonchev–Trinajstić information content (AvgIpc) is 2.02. The third-order valence-corrected chi connectivity index (χ3v) is 2.19. The number of rotatable bonds is 5. The van der Waals surface area contributed by atoms with Gasteiger partial charge in [0.25, 0.3) is 0 Å². The molecule has 0 aliphatic rings. The number of aliphatic hydroxyl groups excluding tert-OH is 3. The van der Waals surface area contributed by atoms with Gasteiger partial charge in [-0.05, 0) is 0 Å². The molecular weight excluding hydrogens is 263 g/mol. The number of carbonyl (C=O) groups excluding carboxylic acids is 1. The zero-order valence-corrected chi connectivity index (χ0v) is 8.01. The van der Waals surface area contributed by atoms with Crippen LogP contribution in [-0.2, 0) is 4.79 Å². The van der Waals surface area contributed by atoms with E-state index < -0.39 is 18.3 Å². The molecule has 0 aromatic heterocycles. The van der Waals surface area contributed by atoms with Gasteiger partial charge in [0.15, 0.2) is 0 Å². The van der Waals surface area contributed by atoms with Gasteiger partial charge in [0.1, 0.15) is 12.4 Å². The van der Waals surface area contributed by atoms with Gasteiger partial charge in [-0.15, -0.1) is 0 Å². The number of carbonyl (C=O) groups is 1. The highest BCUT2D eigenvalue weighted by Crippen LogP contribution is 2.05. The van der Waals surface area contributed by atoms with Gasteiger partial charge in [-0.2, -0.15) is 0 Å². The van der Waals surface area contributed by atoms with Gasteiger partial charge in [0.2, 0.25) is 0 Å². The largest absolute Gasteiger partial charge is 0.390 e. The summed E-state index contributed by atoms with van der Waals surface area (Å²) in [5.74, 6) is 0. The molecule has 3 N–H and O–H groups in total. The maximum atomic E-state index is 9.88. The second-order valence-electron chi connectivity index (χ2n) is 2.18. The molecule has 4 nitrogen and oxygen atoms in total. The Bertz CT molecular complexity index is 119. The van der Waals surface area contributed by atoms with Gasteiger partial charge in [-0.1, -0.05) is 22.6 Å². The summed E-state index contributed by atoms with van der Waals surface area (Å²) in [5, 5.41) is 27.0. The highest BCUT2D eigenvalue weighted by molar-refractivity contribution is 14.1. The Labute approximate surface area is 78.4 Å². The smallest absolute Gasteiger partial charge is 0.122 e. The van der Waals surface area contributed by atoms with E-state index in [0.29, 0.717) is 10.7 Å². The van der Waals surface area contributed by atoms with E-state index in [2.05, 4.69) is 0 Å². The van der Waals surface area contributed by atoms with Crippen molar-refractivity contribution in [2.24, 2.45) is 0 Å². The highest BCUT2D eigenvalue weighted by atomic mass is 127. The van der Waals surface area contributed by atoms with Crippen molar-refractivity contribution in [3.05, 3.63) is 0 Å². The lowest BCUT2D eigenvalue weighted by atomic mass is 10.1. The number of hydrogen-bond acceptors (Lipinski definition) is 4. The summed E-state index contributed by atoms with van der Waals surface area (Å²) in [6.45, 7) is 0. The first kappa shape index (κ1) is 11.3. The summed E-state index contributed by atoms with van der Waals surface area (Å²) in [7, 11) is 0. The molecule has 0 aliphatic carbocycles. The summed E-state index contributed by atoms with van der Waals surface area (Å²) >= 11 is 1.88. The molecule has 0 saturated carbocycles. The van der Waals surface area contributed by atoms with Gasteiger partial charge >= 0.3 is 0 Å². The van der Waals surface area contributed by atoms with E-state index >= 15 is 0 Å². The number of alkyl halides is 1. The van der Waals surface area contributed by atoms with E-state index in [-0.39, 0.29) is 6.42 Å². The fraction of sp³-hybridized carbons (Fsp3) is 0.833. The summed E-state index contributed by atoms with van der Waals surface area (Å²) in [5.41, 5.74) is 0. The van der Waals surface area contributed by atoms with Crippen LogP contribution in [0, 0.1) is 0 Å². The van der Waals surface area contributed by atoms with Crippen molar-refractivity contribution in [3.63, 3.8) is 0 Å². The van der Waals surface area contributed by atoms with E-state index in [4.69, 9.17) is 15.3 Å². The Morgan fingerprint density at radius 1 is 1.27 bits per heavy atom. The van der Waals surface area contributed by atoms with Crippen LogP contribution in [0.5, 0.6) is 0 Å². The molecule has 0 amide bonds. The first-order valence-corrected chi connectivity index (χ1v) is 4.69. The van der Waals surface area contributed by atoms with Crippen LogP contribution in [-0.4, -0.2) is 44.3 Å². The molecular formula is C6H11IO4. The minimum atomic E-state index is -1.22. The molecule has 0 aromatic carbocycles. The quantitative estimate of drug-likeness (QED) is 0.345. The third-order valence-electron chi connectivity index (χ3n) is 1.28. The second-order valence-corrected chi connectivity index (χ2v) is 3.06. The fourth-order valence-electron chi connectivity index (χ4n) is 0.586. The molecule has 5 heteroatoms. The lowest BCUT2D eigenvalue weighted by molar-refractivity contribution is -0.113. The lowest BCUT2D eigenvalue weighted by Crippen LogP contribution is -2.38. The van der Waals surface area contributed by atoms with Gasteiger partial charge in [-0.25, -0.2) is 0 Å². The lowest BCUT2D eigenvalue weighted by Gasteiger charge is -2.19. The Hall–Kier alpha value is 0.280. The van der Waals surface area contributed by atoms with E-state index in [9.17, 15) is 4.79 Å². The Morgan fingerprint density at radius 2 is 1.82 bits per heavy atom. The zero-order chi connectivity index (χ0) is 8.85. The van der Waals surface area contributed by atoms with Crippen molar-refractivity contribution in [1.29, 1.82) is 0 Å². The SMILES string of the molecule is O=CC[C@H](O)[C@@H](O)[C@H](O)CI. The van der Waals surface area contributed by atoms with Crippen LogP contribution in [0.25, 0.3) is 0 Å². The van der Waals surface area contributed by atoms with Crippen LogP contribution in [0.4, 0.5) is 0 Å². The first-order chi connectivity index (χ1) is 5.13. The Kier molecular flexibility index (Phi) is 6.02. The van der Waals surface area contributed by atoms with Crippen molar-refractivity contribution in [2.75, 3.05) is 4.43 Å². The number of aldehydes is 1. The van der Waals surface area contributed by atoms with E-state index in [1.54, 1.807) is 0 Å². The predicted molar refractivity (Wildman–Crippen MR) is 47.6 cm³/mol. The molecule has 0 rings (SSSR count). The van der Waals surface area contributed by atoms with Crippen LogP contribution in [0.15, 0.2) is 0 Å². The zero-order valence-electron chi connectivity index (χ0n) is 5.85. The maximum Gasteiger partial charge on any atom is 0.122 e. The maximum absolute atomic E-state index is 9.88. The molecule has 11 heavy (non-hydrogen) atoms. The van der Waals surface area contributed by atoms with Crippen LogP contribution < -0.4 is 0 Å². The third kappa shape index (κ3) is 4.00. The van der Waals surface area contributed by atoms with Crippen LogP contribution >= 0.6 is 22.6 Å². The van der Waals surface area contributed by atoms with Gasteiger partial charge in [0.05, 0.1) is 12.2 Å². The average molecular weight is 274 g/mol. The molecule has 0 unspecified atom stereocenters. The van der Waals surface area contributed by atoms with Gasteiger partial charge in [-0.3, -0.25) is 0 Å². The van der Waals surface area contributed by atoms with Gasteiger partial charge in [0, 0.05) is 10.8 Å². The minimum absolute atomic E-state index is 0.144. The summed E-state index contributed by atoms with van der Waals surface area (Å²) in [6, 6.07) is 0. The number of halogens is 1. The van der Waals surface area contributed by atoms with Crippen LogP contribution in [0.2, 0.25) is 0 Å². The molecule has 66 valence electrons. The second kappa shape index (κ2) is 5.87. The molecule has 0 spiro atoms. The predicted octanol–water partition coefficient (Wildman–Crippen LogP) is -0.907. The molecule has 3 atom stereocenters. The van der Waals surface area contributed by atoms with Crippen molar-refractivity contribution < 1.29 is 20.1 Å². The van der Waals surface area contributed by atoms with Crippen molar-refractivity contribution >= 4 is 28.9 Å². The van der Waals surface area contributed by atoms with Crippen LogP contribution in [0.3, 0.4) is 0 Å². The number of hydrogen-bond donors (Lipinski definition) is 3. The summed E-state index contributed by atoms with van der Waals surface area (Å²) < 4.78 is 0.328. The van der Waals surface area contributed by atoms with E-state index in [1.165, 1.54) is 0 Å². The molecule has 0 radical (unpaired) electrons. The molecule has 0 aromatic rings. The summed E-state index contributed by atoms with van der Waals surface area (Å²) in [6.07, 6.45) is -2.98.